The maximum Gasteiger partial charge on any atom is 0.270 e. The van der Waals surface area contributed by atoms with Crippen LogP contribution in [0.4, 0.5) is 0 Å². The van der Waals surface area contributed by atoms with Crippen LogP contribution >= 0.6 is 34.7 Å². The van der Waals surface area contributed by atoms with E-state index in [0.29, 0.717) is 33.2 Å². The Hall–Kier alpha value is -2.88. The molecule has 7 nitrogen and oxygen atoms in total. The maximum absolute atomic E-state index is 12.7. The first-order valence-corrected chi connectivity index (χ1v) is 14.1. The lowest BCUT2D eigenvalue weighted by Gasteiger charge is -2.22. The number of methoxy groups -OCH3 is 1. The SMILES string of the molecule is COc1ccccc1-n1c(SCc2nc(C(=O)NC3CCCCC3)cs2)nnc1-c1ccccc1Cl. The molecule has 0 saturated heterocycles. The maximum atomic E-state index is 12.7. The van der Waals surface area contributed by atoms with Crippen molar-refractivity contribution in [3.05, 3.63) is 69.6 Å². The molecule has 0 radical (unpaired) electrons. The van der Waals surface area contributed by atoms with Gasteiger partial charge in [0.2, 0.25) is 0 Å². The molecule has 0 bridgehead atoms. The third kappa shape index (κ3) is 5.43. The zero-order chi connectivity index (χ0) is 24.9. The summed E-state index contributed by atoms with van der Waals surface area (Å²) in [5, 5.41) is 16.0. The number of nitrogens with zero attached hydrogens (tertiary/aromatic N) is 4. The molecule has 4 aromatic rings. The number of aromatic nitrogens is 4. The molecule has 36 heavy (non-hydrogen) atoms. The third-order valence-electron chi connectivity index (χ3n) is 6.12. The van der Waals surface area contributed by atoms with E-state index in [1.807, 2.05) is 58.5 Å². The highest BCUT2D eigenvalue weighted by Crippen LogP contribution is 2.36. The fourth-order valence-electron chi connectivity index (χ4n) is 4.33. The van der Waals surface area contributed by atoms with E-state index in [2.05, 4.69) is 20.5 Å². The van der Waals surface area contributed by atoms with E-state index in [0.717, 1.165) is 29.1 Å². The van der Waals surface area contributed by atoms with Crippen molar-refractivity contribution >= 4 is 40.6 Å². The number of carbonyl (C=O) groups is 1. The van der Waals surface area contributed by atoms with Gasteiger partial charge >= 0.3 is 0 Å². The summed E-state index contributed by atoms with van der Waals surface area (Å²) < 4.78 is 7.58. The lowest BCUT2D eigenvalue weighted by Crippen LogP contribution is -2.36. The minimum atomic E-state index is -0.0902. The van der Waals surface area contributed by atoms with Gasteiger partial charge in [-0.3, -0.25) is 9.36 Å². The van der Waals surface area contributed by atoms with E-state index in [-0.39, 0.29) is 11.9 Å². The molecule has 1 aliphatic rings. The van der Waals surface area contributed by atoms with Crippen molar-refractivity contribution in [1.29, 1.82) is 0 Å². The zero-order valence-corrected chi connectivity index (χ0v) is 22.2. The van der Waals surface area contributed by atoms with Crippen molar-refractivity contribution in [1.82, 2.24) is 25.1 Å². The van der Waals surface area contributed by atoms with Gasteiger partial charge in [-0.15, -0.1) is 21.5 Å². The summed E-state index contributed by atoms with van der Waals surface area (Å²) in [6, 6.07) is 15.5. The van der Waals surface area contributed by atoms with Crippen LogP contribution in [0.3, 0.4) is 0 Å². The summed E-state index contributed by atoms with van der Waals surface area (Å²) in [4.78, 5) is 17.3. The zero-order valence-electron chi connectivity index (χ0n) is 19.8. The van der Waals surface area contributed by atoms with E-state index in [1.54, 1.807) is 7.11 Å². The Labute approximate surface area is 223 Å². The van der Waals surface area contributed by atoms with Crippen LogP contribution in [0.1, 0.15) is 47.6 Å². The normalized spacial score (nSPS) is 14.1. The van der Waals surface area contributed by atoms with Crippen LogP contribution in [0.2, 0.25) is 5.02 Å². The van der Waals surface area contributed by atoms with Crippen molar-refractivity contribution in [3.63, 3.8) is 0 Å². The molecule has 1 aliphatic carbocycles. The summed E-state index contributed by atoms with van der Waals surface area (Å²) in [5.41, 5.74) is 2.07. The smallest absolute Gasteiger partial charge is 0.270 e. The highest BCUT2D eigenvalue weighted by molar-refractivity contribution is 7.98. The number of nitrogens with one attached hydrogen (secondary N) is 1. The summed E-state index contributed by atoms with van der Waals surface area (Å²) in [5.74, 6) is 1.78. The molecule has 2 aromatic carbocycles. The van der Waals surface area contributed by atoms with Crippen LogP contribution in [0.5, 0.6) is 5.75 Å². The van der Waals surface area contributed by atoms with Gasteiger partial charge in [0.15, 0.2) is 11.0 Å². The van der Waals surface area contributed by atoms with Crippen LogP contribution in [-0.2, 0) is 5.75 Å². The molecular formula is C26H26ClN5O2S2. The fraction of sp³-hybridized carbons (Fsp3) is 0.308. The minimum absolute atomic E-state index is 0.0902. The Kier molecular flexibility index (Phi) is 7.89. The van der Waals surface area contributed by atoms with Crippen molar-refractivity contribution in [2.75, 3.05) is 7.11 Å². The predicted octanol–water partition coefficient (Wildman–Crippen LogP) is 6.41. The Morgan fingerprint density at radius 3 is 2.72 bits per heavy atom. The molecule has 2 heterocycles. The number of rotatable bonds is 8. The lowest BCUT2D eigenvalue weighted by molar-refractivity contribution is 0.0923. The number of hydrogen-bond donors (Lipinski definition) is 1. The topological polar surface area (TPSA) is 81.9 Å². The van der Waals surface area contributed by atoms with Gasteiger partial charge in [-0.1, -0.05) is 66.9 Å². The first-order valence-electron chi connectivity index (χ1n) is 11.9. The standard InChI is InChI=1S/C26H26ClN5O2S2/c1-34-22-14-8-7-13-21(22)32-24(18-11-5-6-12-19(18)27)30-31-26(32)36-16-23-29-20(15-35-23)25(33)28-17-9-3-2-4-10-17/h5-8,11-15,17H,2-4,9-10,16H2,1H3,(H,28,33). The van der Waals surface area contributed by atoms with Crippen molar-refractivity contribution in [2.45, 2.75) is 49.1 Å². The van der Waals surface area contributed by atoms with Gasteiger partial charge in [-0.2, -0.15) is 0 Å². The highest BCUT2D eigenvalue weighted by Gasteiger charge is 2.22. The fourth-order valence-corrected chi connectivity index (χ4v) is 6.28. The first-order chi connectivity index (χ1) is 17.6. The molecule has 5 rings (SSSR count). The van der Waals surface area contributed by atoms with E-state index >= 15 is 0 Å². The van der Waals surface area contributed by atoms with Crippen LogP contribution < -0.4 is 10.1 Å². The number of benzene rings is 2. The molecular weight excluding hydrogens is 514 g/mol. The molecule has 0 aliphatic heterocycles. The number of thioether (sulfide) groups is 1. The predicted molar refractivity (Wildman–Crippen MR) is 144 cm³/mol. The van der Waals surface area contributed by atoms with Gasteiger partial charge in [0, 0.05) is 17.0 Å². The van der Waals surface area contributed by atoms with Crippen LogP contribution in [-0.4, -0.2) is 38.8 Å². The second kappa shape index (κ2) is 11.5. The number of ether oxygens (including phenoxy) is 1. The summed E-state index contributed by atoms with van der Waals surface area (Å²) >= 11 is 9.49. The van der Waals surface area contributed by atoms with E-state index < -0.39 is 0 Å². The molecule has 0 unspecified atom stereocenters. The number of amides is 1. The average molecular weight is 540 g/mol. The number of halogens is 1. The van der Waals surface area contributed by atoms with E-state index in [4.69, 9.17) is 16.3 Å². The van der Waals surface area contributed by atoms with Crippen molar-refractivity contribution in [3.8, 4) is 22.8 Å². The largest absolute Gasteiger partial charge is 0.495 e. The van der Waals surface area contributed by atoms with Gasteiger partial charge in [0.1, 0.15) is 16.5 Å². The summed E-state index contributed by atoms with van der Waals surface area (Å²) in [6.45, 7) is 0. The van der Waals surface area contributed by atoms with Gasteiger partial charge in [-0.05, 0) is 37.1 Å². The van der Waals surface area contributed by atoms with Gasteiger partial charge in [0.05, 0.1) is 23.6 Å². The van der Waals surface area contributed by atoms with Gasteiger partial charge in [0.25, 0.3) is 5.91 Å². The molecule has 2 aromatic heterocycles. The lowest BCUT2D eigenvalue weighted by atomic mass is 9.95. The average Bonchev–Trinajstić information content (AvgIpc) is 3.56. The number of para-hydroxylation sites is 2. The molecule has 1 fully saturated rings. The second-order valence-electron chi connectivity index (χ2n) is 8.52. The van der Waals surface area contributed by atoms with E-state index in [9.17, 15) is 4.79 Å². The van der Waals surface area contributed by atoms with Crippen LogP contribution in [0.25, 0.3) is 17.1 Å². The molecule has 0 atom stereocenters. The summed E-state index contributed by atoms with van der Waals surface area (Å²) in [6.07, 6.45) is 5.69. The van der Waals surface area contributed by atoms with Crippen LogP contribution in [0.15, 0.2) is 59.1 Å². The Bertz CT molecular complexity index is 1350. The van der Waals surface area contributed by atoms with E-state index in [1.165, 1.54) is 42.4 Å². The van der Waals surface area contributed by atoms with Crippen molar-refractivity contribution in [2.24, 2.45) is 0 Å². The molecule has 1 saturated carbocycles. The second-order valence-corrected chi connectivity index (χ2v) is 10.8. The number of thiazole rings is 1. The number of carbonyl (C=O) groups excluding carboxylic acids is 1. The first kappa shape index (κ1) is 24.8. The molecule has 10 heteroatoms. The van der Waals surface area contributed by atoms with Gasteiger partial charge < -0.3 is 10.1 Å². The quantitative estimate of drug-likeness (QED) is 0.261. The monoisotopic (exact) mass is 539 g/mol. The number of hydrogen-bond acceptors (Lipinski definition) is 7. The molecule has 1 amide bonds. The minimum Gasteiger partial charge on any atom is -0.495 e. The molecule has 186 valence electrons. The molecule has 1 N–H and O–H groups in total. The molecule has 0 spiro atoms. The van der Waals surface area contributed by atoms with Crippen molar-refractivity contribution < 1.29 is 9.53 Å². The Morgan fingerprint density at radius 1 is 1.14 bits per heavy atom. The van der Waals surface area contributed by atoms with Gasteiger partial charge in [-0.25, -0.2) is 4.98 Å². The summed E-state index contributed by atoms with van der Waals surface area (Å²) in [7, 11) is 1.64. The Balaban J connectivity index is 1.39. The van der Waals surface area contributed by atoms with Crippen LogP contribution in [0, 0.1) is 0 Å². The Morgan fingerprint density at radius 2 is 1.92 bits per heavy atom. The highest BCUT2D eigenvalue weighted by atomic mass is 35.5. The third-order valence-corrected chi connectivity index (χ3v) is 8.43.